The van der Waals surface area contributed by atoms with Crippen molar-refractivity contribution in [3.05, 3.63) is 99.9 Å². The molecule has 0 spiro atoms. The molecule has 0 bridgehead atoms. The molecule has 8 heteroatoms. The Morgan fingerprint density at radius 3 is 2.66 bits per heavy atom. The van der Waals surface area contributed by atoms with Crippen LogP contribution in [0.2, 0.25) is 0 Å². The molecule has 0 unspecified atom stereocenters. The zero-order valence-electron chi connectivity index (χ0n) is 16.9. The molecule has 3 heterocycles. The van der Waals surface area contributed by atoms with Crippen molar-refractivity contribution in [3.63, 3.8) is 0 Å². The molecular formula is C24H18FN3O4. The number of benzene rings is 2. The molecule has 2 aromatic carbocycles. The van der Waals surface area contributed by atoms with Gasteiger partial charge in [0.1, 0.15) is 5.82 Å². The molecule has 0 fully saturated rings. The van der Waals surface area contributed by atoms with E-state index >= 15 is 0 Å². The van der Waals surface area contributed by atoms with Crippen molar-refractivity contribution in [1.82, 2.24) is 14.9 Å². The van der Waals surface area contributed by atoms with E-state index in [2.05, 4.69) is 9.97 Å². The molecule has 0 radical (unpaired) electrons. The van der Waals surface area contributed by atoms with Crippen LogP contribution in [0, 0.1) is 5.82 Å². The fourth-order valence-electron chi connectivity index (χ4n) is 3.68. The quantitative estimate of drug-likeness (QED) is 0.522. The minimum Gasteiger partial charge on any atom is -0.454 e. The van der Waals surface area contributed by atoms with Gasteiger partial charge in [0.25, 0.3) is 11.5 Å². The molecule has 7 nitrogen and oxygen atoms in total. The van der Waals surface area contributed by atoms with Crippen molar-refractivity contribution in [1.29, 1.82) is 0 Å². The maximum absolute atomic E-state index is 14.3. The van der Waals surface area contributed by atoms with Crippen molar-refractivity contribution in [2.75, 3.05) is 6.79 Å². The molecule has 0 saturated heterocycles. The van der Waals surface area contributed by atoms with E-state index in [4.69, 9.17) is 9.47 Å². The molecule has 1 amide bonds. The van der Waals surface area contributed by atoms with Gasteiger partial charge in [0.15, 0.2) is 11.5 Å². The van der Waals surface area contributed by atoms with Crippen LogP contribution < -0.4 is 15.0 Å². The largest absolute Gasteiger partial charge is 0.454 e. The Hall–Kier alpha value is -4.20. The first-order valence-electron chi connectivity index (χ1n) is 9.97. The van der Waals surface area contributed by atoms with Crippen LogP contribution in [0.1, 0.15) is 21.5 Å². The number of carbonyl (C=O) groups is 1. The Morgan fingerprint density at radius 1 is 1.06 bits per heavy atom. The summed E-state index contributed by atoms with van der Waals surface area (Å²) in [4.78, 5) is 34.4. The number of hydrogen-bond acceptors (Lipinski definition) is 5. The molecule has 1 aliphatic rings. The first kappa shape index (κ1) is 19.7. The first-order valence-corrected chi connectivity index (χ1v) is 9.97. The number of nitrogens with zero attached hydrogens (tertiary/aromatic N) is 2. The third-order valence-corrected chi connectivity index (χ3v) is 5.26. The van der Waals surface area contributed by atoms with E-state index in [9.17, 15) is 14.0 Å². The predicted octanol–water partition coefficient (Wildman–Crippen LogP) is 3.63. The van der Waals surface area contributed by atoms with Crippen molar-refractivity contribution in [2.45, 2.75) is 13.1 Å². The van der Waals surface area contributed by atoms with E-state index in [1.807, 2.05) is 6.07 Å². The number of hydrogen-bond donors (Lipinski definition) is 1. The van der Waals surface area contributed by atoms with Gasteiger partial charge >= 0.3 is 0 Å². The third-order valence-electron chi connectivity index (χ3n) is 5.26. The summed E-state index contributed by atoms with van der Waals surface area (Å²) in [6, 6.07) is 14.6. The minimum absolute atomic E-state index is 0.0121. The minimum atomic E-state index is -0.617. The Kier molecular flexibility index (Phi) is 5.03. The van der Waals surface area contributed by atoms with Gasteiger partial charge < -0.3 is 19.4 Å². The number of rotatable bonds is 5. The van der Waals surface area contributed by atoms with Crippen LogP contribution in [-0.2, 0) is 13.1 Å². The Morgan fingerprint density at radius 2 is 1.88 bits per heavy atom. The van der Waals surface area contributed by atoms with Gasteiger partial charge in [0.2, 0.25) is 6.79 Å². The number of pyridine rings is 2. The van der Waals surface area contributed by atoms with E-state index in [0.717, 1.165) is 10.9 Å². The lowest BCUT2D eigenvalue weighted by Crippen LogP contribution is -2.33. The molecule has 1 aliphatic heterocycles. The van der Waals surface area contributed by atoms with Crippen LogP contribution in [0.4, 0.5) is 4.39 Å². The number of aromatic nitrogens is 2. The second-order valence-electron chi connectivity index (χ2n) is 7.42. The van der Waals surface area contributed by atoms with E-state index in [0.29, 0.717) is 22.6 Å². The molecule has 5 rings (SSSR count). The SMILES string of the molecule is O=C(c1ccccc1F)N(Cc1cccnc1)Cc1cc2cc3c(cc2[nH]c1=O)OCO3. The lowest BCUT2D eigenvalue weighted by atomic mass is 10.1. The Bertz CT molecular complexity index is 1370. The average molecular weight is 431 g/mol. The van der Waals surface area contributed by atoms with Gasteiger partial charge in [-0.2, -0.15) is 0 Å². The molecule has 0 saturated carbocycles. The number of carbonyl (C=O) groups excluding carboxylic acids is 1. The summed E-state index contributed by atoms with van der Waals surface area (Å²) >= 11 is 0. The van der Waals surface area contributed by atoms with Crippen LogP contribution in [-0.4, -0.2) is 27.6 Å². The van der Waals surface area contributed by atoms with Gasteiger partial charge in [-0.3, -0.25) is 14.6 Å². The third kappa shape index (κ3) is 3.78. The highest BCUT2D eigenvalue weighted by atomic mass is 19.1. The molecule has 160 valence electrons. The molecular weight excluding hydrogens is 413 g/mol. The number of H-pyrrole nitrogens is 1. The van der Waals surface area contributed by atoms with Gasteiger partial charge in [-0.15, -0.1) is 0 Å². The van der Waals surface area contributed by atoms with Crippen molar-refractivity contribution >= 4 is 16.8 Å². The average Bonchev–Trinajstić information content (AvgIpc) is 3.25. The van der Waals surface area contributed by atoms with Gasteiger partial charge in [-0.05, 0) is 35.9 Å². The zero-order chi connectivity index (χ0) is 22.1. The van der Waals surface area contributed by atoms with Gasteiger partial charge in [0.05, 0.1) is 17.6 Å². The maximum atomic E-state index is 14.3. The summed E-state index contributed by atoms with van der Waals surface area (Å²) in [7, 11) is 0. The van der Waals surface area contributed by atoms with Crippen molar-refractivity contribution in [3.8, 4) is 11.5 Å². The summed E-state index contributed by atoms with van der Waals surface area (Å²) < 4.78 is 25.1. The van der Waals surface area contributed by atoms with Crippen LogP contribution in [0.25, 0.3) is 10.9 Å². The van der Waals surface area contributed by atoms with Gasteiger partial charge in [0, 0.05) is 36.0 Å². The number of ether oxygens (including phenoxy) is 2. The lowest BCUT2D eigenvalue weighted by molar-refractivity contribution is 0.0724. The summed E-state index contributed by atoms with van der Waals surface area (Å²) in [5.74, 6) is 0.0185. The predicted molar refractivity (Wildman–Crippen MR) is 115 cm³/mol. The van der Waals surface area contributed by atoms with Crippen LogP contribution >= 0.6 is 0 Å². The van der Waals surface area contributed by atoms with Gasteiger partial charge in [-0.1, -0.05) is 18.2 Å². The fraction of sp³-hybridized carbons (Fsp3) is 0.125. The van der Waals surface area contributed by atoms with Crippen LogP contribution in [0.5, 0.6) is 11.5 Å². The van der Waals surface area contributed by atoms with E-state index in [-0.39, 0.29) is 31.0 Å². The lowest BCUT2D eigenvalue weighted by Gasteiger charge is -2.23. The van der Waals surface area contributed by atoms with E-state index in [1.165, 1.54) is 23.1 Å². The number of nitrogens with one attached hydrogen (secondary N) is 1. The molecule has 2 aromatic heterocycles. The molecule has 4 aromatic rings. The monoisotopic (exact) mass is 431 g/mol. The topological polar surface area (TPSA) is 84.5 Å². The number of amides is 1. The standard InChI is InChI=1S/C24H18FN3O4/c25-19-6-2-1-5-18(19)24(30)28(12-15-4-3-7-26-11-15)13-17-8-16-9-21-22(32-14-31-21)10-20(16)27-23(17)29/h1-11H,12-14H2,(H,27,29). The van der Waals surface area contributed by atoms with Crippen LogP contribution in [0.3, 0.4) is 0 Å². The summed E-state index contributed by atoms with van der Waals surface area (Å²) in [5.41, 5.74) is 1.33. The molecule has 0 aliphatic carbocycles. The zero-order valence-corrected chi connectivity index (χ0v) is 16.9. The summed E-state index contributed by atoms with van der Waals surface area (Å²) in [6.45, 7) is 0.278. The Labute approximate surface area is 182 Å². The maximum Gasteiger partial charge on any atom is 0.257 e. The van der Waals surface area contributed by atoms with E-state index < -0.39 is 11.7 Å². The van der Waals surface area contributed by atoms with Crippen LogP contribution in [0.15, 0.2) is 71.8 Å². The fourth-order valence-corrected chi connectivity index (χ4v) is 3.68. The normalized spacial score (nSPS) is 12.2. The van der Waals surface area contributed by atoms with Crippen molar-refractivity contribution in [2.24, 2.45) is 0 Å². The van der Waals surface area contributed by atoms with Crippen molar-refractivity contribution < 1.29 is 18.7 Å². The summed E-state index contributed by atoms with van der Waals surface area (Å²) in [6.07, 6.45) is 3.26. The van der Waals surface area contributed by atoms with E-state index in [1.54, 1.807) is 42.7 Å². The smallest absolute Gasteiger partial charge is 0.257 e. The second-order valence-corrected chi connectivity index (χ2v) is 7.42. The molecule has 0 atom stereocenters. The highest BCUT2D eigenvalue weighted by Crippen LogP contribution is 2.35. The van der Waals surface area contributed by atoms with Gasteiger partial charge in [-0.25, -0.2) is 4.39 Å². The number of fused-ring (bicyclic) bond motifs is 2. The first-order chi connectivity index (χ1) is 15.6. The number of halogens is 1. The Balaban J connectivity index is 1.53. The summed E-state index contributed by atoms with van der Waals surface area (Å²) in [5, 5.41) is 0.739. The number of aromatic amines is 1. The highest BCUT2D eigenvalue weighted by Gasteiger charge is 2.22. The molecule has 32 heavy (non-hydrogen) atoms. The molecule has 1 N–H and O–H groups in total. The highest BCUT2D eigenvalue weighted by molar-refractivity contribution is 5.94. The second kappa shape index (κ2) is 8.14.